The first-order chi connectivity index (χ1) is 10.2. The lowest BCUT2D eigenvalue weighted by atomic mass is 10.1. The minimum Gasteiger partial charge on any atom is -0.464 e. The second-order valence-electron chi connectivity index (χ2n) is 4.90. The number of anilines is 1. The van der Waals surface area contributed by atoms with Crippen LogP contribution in [0.15, 0.2) is 40.8 Å². The van der Waals surface area contributed by atoms with Gasteiger partial charge in [-0.2, -0.15) is 0 Å². The van der Waals surface area contributed by atoms with Gasteiger partial charge in [-0.15, -0.1) is 0 Å². The lowest BCUT2D eigenvalue weighted by Crippen LogP contribution is -2.24. The molecule has 0 unspecified atom stereocenters. The highest BCUT2D eigenvalue weighted by Gasteiger charge is 2.03. The largest absolute Gasteiger partial charge is 0.464 e. The van der Waals surface area contributed by atoms with Crippen LogP contribution < -0.4 is 10.6 Å². The summed E-state index contributed by atoms with van der Waals surface area (Å²) < 4.78 is 5.64. The summed E-state index contributed by atoms with van der Waals surface area (Å²) in [6.45, 7) is 5.32. The molecule has 1 heterocycles. The Hall–Kier alpha value is -2.23. The van der Waals surface area contributed by atoms with Crippen molar-refractivity contribution in [3.05, 3.63) is 53.5 Å². The van der Waals surface area contributed by atoms with Crippen molar-refractivity contribution in [2.24, 2.45) is 0 Å². The third-order valence-corrected chi connectivity index (χ3v) is 3.23. The number of aryl methyl sites for hydroxylation is 1. The van der Waals surface area contributed by atoms with Crippen molar-refractivity contribution in [3.63, 3.8) is 0 Å². The van der Waals surface area contributed by atoms with E-state index in [9.17, 15) is 4.79 Å². The fraction of sp³-hybridized carbons (Fsp3) is 0.353. The van der Waals surface area contributed by atoms with Gasteiger partial charge < -0.3 is 15.1 Å². The molecule has 0 aliphatic rings. The molecule has 0 atom stereocenters. The summed E-state index contributed by atoms with van der Waals surface area (Å²) in [5.74, 6) is 1.99. The Bertz CT molecular complexity index is 573. The monoisotopic (exact) mass is 286 g/mol. The number of carbonyl (C=O) groups is 1. The van der Waals surface area contributed by atoms with Gasteiger partial charge in [0.25, 0.3) is 0 Å². The molecule has 1 aromatic carbocycles. The first kappa shape index (κ1) is 15.2. The topological polar surface area (TPSA) is 54.3 Å². The molecule has 21 heavy (non-hydrogen) atoms. The zero-order valence-electron chi connectivity index (χ0n) is 12.6. The molecular weight excluding hydrogens is 264 g/mol. The van der Waals surface area contributed by atoms with E-state index in [0.29, 0.717) is 19.5 Å². The van der Waals surface area contributed by atoms with Gasteiger partial charge in [-0.3, -0.25) is 4.79 Å². The number of carbonyl (C=O) groups excluding carboxylic acids is 1. The van der Waals surface area contributed by atoms with Gasteiger partial charge in [-0.1, -0.05) is 19.1 Å². The van der Waals surface area contributed by atoms with Crippen molar-refractivity contribution >= 4 is 11.6 Å². The van der Waals surface area contributed by atoms with Crippen molar-refractivity contribution in [2.45, 2.75) is 33.2 Å². The summed E-state index contributed by atoms with van der Waals surface area (Å²) in [5.41, 5.74) is 2.03. The normalized spacial score (nSPS) is 10.4. The van der Waals surface area contributed by atoms with Crippen LogP contribution in [0.3, 0.4) is 0 Å². The van der Waals surface area contributed by atoms with Gasteiger partial charge in [0.1, 0.15) is 11.5 Å². The van der Waals surface area contributed by atoms with E-state index in [2.05, 4.69) is 17.6 Å². The molecular formula is C17H22N2O2. The van der Waals surface area contributed by atoms with E-state index in [1.165, 1.54) is 0 Å². The van der Waals surface area contributed by atoms with Gasteiger partial charge in [0.05, 0.1) is 13.0 Å². The maximum Gasteiger partial charge on any atom is 0.224 e. The van der Waals surface area contributed by atoms with Gasteiger partial charge in [-0.25, -0.2) is 0 Å². The first-order valence-electron chi connectivity index (χ1n) is 7.38. The van der Waals surface area contributed by atoms with Crippen LogP contribution in [0.1, 0.15) is 30.9 Å². The minimum atomic E-state index is 0.0564. The zero-order valence-corrected chi connectivity index (χ0v) is 12.6. The summed E-state index contributed by atoms with van der Waals surface area (Å²) >= 11 is 0. The third kappa shape index (κ3) is 4.67. The standard InChI is InChI=1S/C17H22N2O2/c1-3-15-9-10-16(21-15)12-19-14-7-5-13(6-8-14)11-17(20)18-4-2/h5-10,19H,3-4,11-12H2,1-2H3,(H,18,20). The number of likely N-dealkylation sites (N-methyl/N-ethyl adjacent to an activating group) is 1. The molecule has 4 nitrogen and oxygen atoms in total. The van der Waals surface area contributed by atoms with Crippen molar-refractivity contribution < 1.29 is 9.21 Å². The maximum absolute atomic E-state index is 11.5. The summed E-state index contributed by atoms with van der Waals surface area (Å²) in [6, 6.07) is 11.9. The van der Waals surface area contributed by atoms with Gasteiger partial charge in [0, 0.05) is 18.7 Å². The average molecular weight is 286 g/mol. The van der Waals surface area contributed by atoms with Crippen LogP contribution in [-0.2, 0) is 24.2 Å². The molecule has 4 heteroatoms. The Morgan fingerprint density at radius 3 is 2.38 bits per heavy atom. The molecule has 0 saturated carbocycles. The van der Waals surface area contributed by atoms with E-state index in [4.69, 9.17) is 4.42 Å². The zero-order chi connectivity index (χ0) is 15.1. The van der Waals surface area contributed by atoms with E-state index >= 15 is 0 Å². The highest BCUT2D eigenvalue weighted by Crippen LogP contribution is 2.13. The molecule has 2 rings (SSSR count). The number of rotatable bonds is 7. The molecule has 0 saturated heterocycles. The predicted octanol–water partition coefficient (Wildman–Crippen LogP) is 3.13. The Balaban J connectivity index is 1.85. The molecule has 0 radical (unpaired) electrons. The molecule has 0 aliphatic heterocycles. The fourth-order valence-corrected chi connectivity index (χ4v) is 2.08. The number of hydrogen-bond acceptors (Lipinski definition) is 3. The smallest absolute Gasteiger partial charge is 0.224 e. The lowest BCUT2D eigenvalue weighted by molar-refractivity contribution is -0.120. The SMILES string of the molecule is CCNC(=O)Cc1ccc(NCc2ccc(CC)o2)cc1. The molecule has 2 N–H and O–H groups in total. The molecule has 0 bridgehead atoms. The fourth-order valence-electron chi connectivity index (χ4n) is 2.08. The number of amides is 1. The van der Waals surface area contributed by atoms with E-state index in [1.807, 2.05) is 43.3 Å². The average Bonchev–Trinajstić information content (AvgIpc) is 2.95. The van der Waals surface area contributed by atoms with Crippen LogP contribution in [0, 0.1) is 0 Å². The van der Waals surface area contributed by atoms with Crippen molar-refractivity contribution in [3.8, 4) is 0 Å². The molecule has 1 amide bonds. The van der Waals surface area contributed by atoms with Gasteiger partial charge >= 0.3 is 0 Å². The quantitative estimate of drug-likeness (QED) is 0.822. The first-order valence-corrected chi connectivity index (χ1v) is 7.38. The van der Waals surface area contributed by atoms with E-state index in [-0.39, 0.29) is 5.91 Å². The molecule has 0 fully saturated rings. The van der Waals surface area contributed by atoms with Gasteiger partial charge in [-0.05, 0) is 36.8 Å². The number of nitrogens with one attached hydrogen (secondary N) is 2. The maximum atomic E-state index is 11.5. The number of furan rings is 1. The van der Waals surface area contributed by atoms with Crippen molar-refractivity contribution in [1.29, 1.82) is 0 Å². The van der Waals surface area contributed by atoms with Crippen LogP contribution in [0.5, 0.6) is 0 Å². The van der Waals surface area contributed by atoms with E-state index < -0.39 is 0 Å². The summed E-state index contributed by atoms with van der Waals surface area (Å²) in [5, 5.41) is 6.11. The second kappa shape index (κ2) is 7.53. The predicted molar refractivity (Wildman–Crippen MR) is 84.2 cm³/mol. The second-order valence-corrected chi connectivity index (χ2v) is 4.90. The van der Waals surface area contributed by atoms with Crippen LogP contribution in [0.4, 0.5) is 5.69 Å². The highest BCUT2D eigenvalue weighted by molar-refractivity contribution is 5.78. The molecule has 2 aromatic rings. The molecule has 0 spiro atoms. The van der Waals surface area contributed by atoms with Gasteiger partial charge in [0.2, 0.25) is 5.91 Å². The lowest BCUT2D eigenvalue weighted by Gasteiger charge is -2.06. The van der Waals surface area contributed by atoms with Crippen LogP contribution in [0.25, 0.3) is 0 Å². The summed E-state index contributed by atoms with van der Waals surface area (Å²) in [7, 11) is 0. The highest BCUT2D eigenvalue weighted by atomic mass is 16.3. The third-order valence-electron chi connectivity index (χ3n) is 3.23. The van der Waals surface area contributed by atoms with Crippen LogP contribution in [-0.4, -0.2) is 12.5 Å². The van der Waals surface area contributed by atoms with Crippen LogP contribution >= 0.6 is 0 Å². The number of hydrogen-bond donors (Lipinski definition) is 2. The molecule has 112 valence electrons. The molecule has 1 aromatic heterocycles. The van der Waals surface area contributed by atoms with Crippen molar-refractivity contribution in [2.75, 3.05) is 11.9 Å². The summed E-state index contributed by atoms with van der Waals surface area (Å²) in [6.07, 6.45) is 1.33. The Morgan fingerprint density at radius 2 is 1.76 bits per heavy atom. The summed E-state index contributed by atoms with van der Waals surface area (Å²) in [4.78, 5) is 11.5. The Labute approximate surface area is 125 Å². The van der Waals surface area contributed by atoms with E-state index in [1.54, 1.807) is 0 Å². The molecule has 0 aliphatic carbocycles. The Morgan fingerprint density at radius 1 is 1.05 bits per heavy atom. The van der Waals surface area contributed by atoms with Gasteiger partial charge in [0.15, 0.2) is 0 Å². The number of benzene rings is 1. The Kier molecular flexibility index (Phi) is 5.43. The van der Waals surface area contributed by atoms with Crippen LogP contribution in [0.2, 0.25) is 0 Å². The van der Waals surface area contributed by atoms with E-state index in [0.717, 1.165) is 29.2 Å². The minimum absolute atomic E-state index is 0.0564. The van der Waals surface area contributed by atoms with Crippen molar-refractivity contribution in [1.82, 2.24) is 5.32 Å².